The van der Waals surface area contributed by atoms with Crippen LogP contribution in [0, 0.1) is 12.7 Å². The highest BCUT2D eigenvalue weighted by atomic mass is 32.2. The molecule has 0 spiro atoms. The van der Waals surface area contributed by atoms with E-state index in [9.17, 15) is 12.8 Å². The number of hydrogen-bond acceptors (Lipinski definition) is 2. The molecule has 4 nitrogen and oxygen atoms in total. The van der Waals surface area contributed by atoms with E-state index in [1.807, 2.05) is 19.1 Å². The van der Waals surface area contributed by atoms with Crippen LogP contribution in [0.1, 0.15) is 30.0 Å². The van der Waals surface area contributed by atoms with Gasteiger partial charge in [0.1, 0.15) is 5.82 Å². The summed E-state index contributed by atoms with van der Waals surface area (Å²) in [7, 11) is -3.45. The molecule has 0 atom stereocenters. The molecule has 2 aromatic carbocycles. The van der Waals surface area contributed by atoms with Crippen LogP contribution < -0.4 is 0 Å². The molecular formula is C20H21FN2O2S. The monoisotopic (exact) mass is 372 g/mol. The molecule has 1 N–H and O–H groups in total. The Bertz CT molecular complexity index is 1050. The van der Waals surface area contributed by atoms with Gasteiger partial charge in [0.25, 0.3) is 0 Å². The largest absolute Gasteiger partial charge is 0.358 e. The zero-order valence-corrected chi connectivity index (χ0v) is 15.4. The Labute approximate surface area is 152 Å². The smallest absolute Gasteiger partial charge is 0.243 e. The van der Waals surface area contributed by atoms with Gasteiger partial charge in [0.2, 0.25) is 10.0 Å². The normalized spacial score (nSPS) is 17.0. The molecule has 0 saturated carbocycles. The first kappa shape index (κ1) is 17.2. The van der Waals surface area contributed by atoms with Crippen LogP contribution in [0.15, 0.2) is 53.4 Å². The van der Waals surface area contributed by atoms with Crippen molar-refractivity contribution in [2.75, 3.05) is 13.1 Å². The van der Waals surface area contributed by atoms with Gasteiger partial charge in [-0.1, -0.05) is 12.1 Å². The molecule has 1 aliphatic rings. The lowest BCUT2D eigenvalue weighted by Gasteiger charge is -2.30. The maximum Gasteiger partial charge on any atom is 0.243 e. The number of aromatic nitrogens is 1. The number of nitrogens with one attached hydrogen (secondary N) is 1. The lowest BCUT2D eigenvalue weighted by Crippen LogP contribution is -2.37. The highest BCUT2D eigenvalue weighted by Crippen LogP contribution is 2.32. The van der Waals surface area contributed by atoms with Crippen molar-refractivity contribution in [2.45, 2.75) is 30.6 Å². The fourth-order valence-corrected chi connectivity index (χ4v) is 5.25. The minimum absolute atomic E-state index is 0.248. The lowest BCUT2D eigenvalue weighted by molar-refractivity contribution is 0.317. The third kappa shape index (κ3) is 3.15. The minimum atomic E-state index is -3.45. The summed E-state index contributed by atoms with van der Waals surface area (Å²) in [6.07, 6.45) is 1.50. The Morgan fingerprint density at radius 2 is 1.85 bits per heavy atom. The molecule has 1 saturated heterocycles. The molecule has 0 aliphatic carbocycles. The predicted molar refractivity (Wildman–Crippen MR) is 100 cm³/mol. The number of H-pyrrole nitrogens is 1. The van der Waals surface area contributed by atoms with Crippen LogP contribution in [0.5, 0.6) is 0 Å². The van der Waals surface area contributed by atoms with Gasteiger partial charge in [0, 0.05) is 35.6 Å². The average Bonchev–Trinajstić information content (AvgIpc) is 3.05. The maximum absolute atomic E-state index is 13.4. The third-order valence-electron chi connectivity index (χ3n) is 5.12. The number of benzene rings is 2. The number of hydrogen-bond donors (Lipinski definition) is 1. The van der Waals surface area contributed by atoms with Crippen LogP contribution in [0.2, 0.25) is 0 Å². The van der Waals surface area contributed by atoms with Gasteiger partial charge < -0.3 is 4.98 Å². The summed E-state index contributed by atoms with van der Waals surface area (Å²) in [6.45, 7) is 2.87. The van der Waals surface area contributed by atoms with E-state index < -0.39 is 10.0 Å². The Hall–Kier alpha value is -2.18. The molecule has 26 heavy (non-hydrogen) atoms. The number of sulfonamides is 1. The predicted octanol–water partition coefficient (Wildman–Crippen LogP) is 4.18. The van der Waals surface area contributed by atoms with E-state index >= 15 is 0 Å². The van der Waals surface area contributed by atoms with E-state index in [2.05, 4.69) is 4.98 Å². The molecule has 1 fully saturated rings. The maximum atomic E-state index is 13.4. The molecule has 0 radical (unpaired) electrons. The molecule has 4 rings (SSSR count). The molecular weight excluding hydrogens is 351 g/mol. The zero-order valence-electron chi connectivity index (χ0n) is 14.6. The second-order valence-electron chi connectivity index (χ2n) is 6.95. The van der Waals surface area contributed by atoms with E-state index in [4.69, 9.17) is 0 Å². The first-order valence-corrected chi connectivity index (χ1v) is 10.2. The van der Waals surface area contributed by atoms with Crippen LogP contribution in [0.4, 0.5) is 4.39 Å². The van der Waals surface area contributed by atoms with E-state index in [1.54, 1.807) is 28.6 Å². The molecule has 1 aromatic heterocycles. The summed E-state index contributed by atoms with van der Waals surface area (Å²) < 4.78 is 40.6. The van der Waals surface area contributed by atoms with Crippen LogP contribution >= 0.6 is 0 Å². The minimum Gasteiger partial charge on any atom is -0.358 e. The fraction of sp³-hybridized carbons (Fsp3) is 0.300. The van der Waals surface area contributed by atoms with Crippen molar-refractivity contribution in [1.82, 2.24) is 9.29 Å². The van der Waals surface area contributed by atoms with Gasteiger partial charge in [0.05, 0.1) is 4.90 Å². The second kappa shape index (κ2) is 6.52. The van der Waals surface area contributed by atoms with Crippen molar-refractivity contribution in [3.05, 3.63) is 65.6 Å². The van der Waals surface area contributed by atoms with E-state index in [1.165, 1.54) is 12.1 Å². The van der Waals surface area contributed by atoms with Crippen molar-refractivity contribution < 1.29 is 12.8 Å². The van der Waals surface area contributed by atoms with Crippen molar-refractivity contribution >= 4 is 20.9 Å². The van der Waals surface area contributed by atoms with Crippen LogP contribution in [0.3, 0.4) is 0 Å². The second-order valence-corrected chi connectivity index (χ2v) is 8.89. The SMILES string of the molecule is Cc1cccc(S(=O)(=O)N2CCC(c3cc4cc(F)ccc4[nH]3)CC2)c1. The first-order chi connectivity index (χ1) is 12.4. The molecule has 0 amide bonds. The molecule has 6 heteroatoms. The van der Waals surface area contributed by atoms with Gasteiger partial charge in [-0.15, -0.1) is 0 Å². The lowest BCUT2D eigenvalue weighted by atomic mass is 9.95. The van der Waals surface area contributed by atoms with Gasteiger partial charge in [-0.2, -0.15) is 4.31 Å². The van der Waals surface area contributed by atoms with E-state index in [-0.39, 0.29) is 11.7 Å². The molecule has 3 aromatic rings. The zero-order chi connectivity index (χ0) is 18.3. The first-order valence-electron chi connectivity index (χ1n) is 8.78. The van der Waals surface area contributed by atoms with E-state index in [0.717, 1.165) is 35.0 Å². The third-order valence-corrected chi connectivity index (χ3v) is 7.02. The Morgan fingerprint density at radius 3 is 2.58 bits per heavy atom. The van der Waals surface area contributed by atoms with Gasteiger partial charge in [-0.3, -0.25) is 0 Å². The van der Waals surface area contributed by atoms with Crippen molar-refractivity contribution in [2.24, 2.45) is 0 Å². The number of aryl methyl sites for hydroxylation is 1. The molecule has 0 unspecified atom stereocenters. The summed E-state index contributed by atoms with van der Waals surface area (Å²) in [6, 6.07) is 13.7. The van der Waals surface area contributed by atoms with Gasteiger partial charge >= 0.3 is 0 Å². The van der Waals surface area contributed by atoms with Crippen LogP contribution in [-0.2, 0) is 10.0 Å². The Morgan fingerprint density at radius 1 is 1.08 bits per heavy atom. The van der Waals surface area contributed by atoms with Crippen LogP contribution in [-0.4, -0.2) is 30.8 Å². The quantitative estimate of drug-likeness (QED) is 0.750. The molecule has 136 valence electrons. The van der Waals surface area contributed by atoms with Crippen molar-refractivity contribution in [1.29, 1.82) is 0 Å². The summed E-state index contributed by atoms with van der Waals surface area (Å²) in [5.74, 6) is 0.0107. The molecule has 0 bridgehead atoms. The number of piperidine rings is 1. The number of nitrogens with zero attached hydrogens (tertiary/aromatic N) is 1. The van der Waals surface area contributed by atoms with Gasteiger partial charge in [0.15, 0.2) is 0 Å². The topological polar surface area (TPSA) is 53.2 Å². The number of aromatic amines is 1. The van der Waals surface area contributed by atoms with Crippen molar-refractivity contribution in [3.63, 3.8) is 0 Å². The highest BCUT2D eigenvalue weighted by molar-refractivity contribution is 7.89. The van der Waals surface area contributed by atoms with Gasteiger partial charge in [-0.25, -0.2) is 12.8 Å². The van der Waals surface area contributed by atoms with Crippen LogP contribution in [0.25, 0.3) is 10.9 Å². The standard InChI is InChI=1S/C20H21FN2O2S/c1-14-3-2-4-18(11-14)26(24,25)23-9-7-15(8-10-23)20-13-16-12-17(21)5-6-19(16)22-20/h2-6,11-13,15,22H,7-10H2,1H3. The summed E-state index contributed by atoms with van der Waals surface area (Å²) in [5.41, 5.74) is 2.90. The average molecular weight is 372 g/mol. The van der Waals surface area contributed by atoms with E-state index in [0.29, 0.717) is 18.0 Å². The highest BCUT2D eigenvalue weighted by Gasteiger charge is 2.30. The summed E-state index contributed by atoms with van der Waals surface area (Å²) in [5, 5.41) is 0.856. The van der Waals surface area contributed by atoms with Gasteiger partial charge in [-0.05, 0) is 61.7 Å². The fourth-order valence-electron chi connectivity index (χ4n) is 3.68. The summed E-state index contributed by atoms with van der Waals surface area (Å²) in [4.78, 5) is 3.71. The number of rotatable bonds is 3. The van der Waals surface area contributed by atoms with Crippen molar-refractivity contribution in [3.8, 4) is 0 Å². The number of halogens is 1. The molecule has 2 heterocycles. The molecule has 1 aliphatic heterocycles. The number of fused-ring (bicyclic) bond motifs is 1. The Balaban J connectivity index is 1.51. The summed E-state index contributed by atoms with van der Waals surface area (Å²) >= 11 is 0. The Kier molecular flexibility index (Phi) is 4.32.